The van der Waals surface area contributed by atoms with Crippen LogP contribution in [-0.4, -0.2) is 15.8 Å². The Morgan fingerprint density at radius 2 is 1.90 bits per heavy atom. The molecule has 8 heteroatoms. The molecule has 20 heavy (non-hydrogen) atoms. The molecule has 0 aliphatic carbocycles. The molecule has 0 atom stereocenters. The standard InChI is InChI=1S/C12H8ClN3O3.ClH/c13-11-2-1-9(16(18)19)7-10(11)12(17)15-8-3-5-14-6-4-8;/h1-7H,(H,14,15,17);1H. The van der Waals surface area contributed by atoms with Crippen molar-refractivity contribution < 1.29 is 9.72 Å². The Morgan fingerprint density at radius 1 is 1.25 bits per heavy atom. The minimum Gasteiger partial charge on any atom is -0.322 e. The van der Waals surface area contributed by atoms with Crippen LogP contribution in [0, 0.1) is 10.1 Å². The number of hydrogen-bond acceptors (Lipinski definition) is 4. The highest BCUT2D eigenvalue weighted by Gasteiger charge is 2.15. The molecule has 2 rings (SSSR count). The molecule has 1 aromatic carbocycles. The summed E-state index contributed by atoms with van der Waals surface area (Å²) in [5.41, 5.74) is 0.388. The minimum absolute atomic E-state index is 0. The van der Waals surface area contributed by atoms with Crippen molar-refractivity contribution in [1.29, 1.82) is 0 Å². The third kappa shape index (κ3) is 3.66. The van der Waals surface area contributed by atoms with Crippen molar-refractivity contribution >= 4 is 41.3 Å². The second-order valence-electron chi connectivity index (χ2n) is 3.61. The molecule has 0 saturated carbocycles. The van der Waals surface area contributed by atoms with E-state index in [1.807, 2.05) is 0 Å². The highest BCUT2D eigenvalue weighted by molar-refractivity contribution is 6.34. The number of nitro benzene ring substituents is 1. The lowest BCUT2D eigenvalue weighted by molar-refractivity contribution is -0.384. The van der Waals surface area contributed by atoms with Gasteiger partial charge in [0.1, 0.15) is 0 Å². The van der Waals surface area contributed by atoms with Gasteiger partial charge < -0.3 is 5.32 Å². The Kier molecular flexibility index (Phi) is 5.42. The van der Waals surface area contributed by atoms with Crippen molar-refractivity contribution in [3.63, 3.8) is 0 Å². The fourth-order valence-electron chi connectivity index (χ4n) is 1.43. The van der Waals surface area contributed by atoms with Crippen molar-refractivity contribution in [1.82, 2.24) is 4.98 Å². The monoisotopic (exact) mass is 313 g/mol. The Morgan fingerprint density at radius 3 is 2.50 bits per heavy atom. The molecule has 0 saturated heterocycles. The maximum atomic E-state index is 12.0. The maximum absolute atomic E-state index is 12.0. The summed E-state index contributed by atoms with van der Waals surface area (Å²) in [5.74, 6) is -0.514. The molecule has 0 aliphatic heterocycles. The first-order chi connectivity index (χ1) is 9.08. The number of non-ortho nitro benzene ring substituents is 1. The molecule has 104 valence electrons. The molecule has 1 aromatic heterocycles. The second-order valence-corrected chi connectivity index (χ2v) is 4.02. The molecular formula is C12H9Cl2N3O3. The van der Waals surface area contributed by atoms with E-state index < -0.39 is 10.8 Å². The number of carbonyl (C=O) groups is 1. The minimum atomic E-state index is -0.584. The number of aromatic nitrogens is 1. The number of hydrogen-bond donors (Lipinski definition) is 1. The second kappa shape index (κ2) is 6.83. The number of anilines is 1. The third-order valence-electron chi connectivity index (χ3n) is 2.34. The SMILES string of the molecule is Cl.O=C(Nc1ccncc1)c1cc([N+](=O)[O-])ccc1Cl. The van der Waals surface area contributed by atoms with E-state index in [9.17, 15) is 14.9 Å². The largest absolute Gasteiger partial charge is 0.322 e. The van der Waals surface area contributed by atoms with E-state index in [1.54, 1.807) is 12.1 Å². The normalized spacial score (nSPS) is 9.45. The lowest BCUT2D eigenvalue weighted by Crippen LogP contribution is -2.12. The Balaban J connectivity index is 0.00000200. The quantitative estimate of drug-likeness (QED) is 0.695. The lowest BCUT2D eigenvalue weighted by Gasteiger charge is -2.06. The van der Waals surface area contributed by atoms with E-state index in [0.717, 1.165) is 6.07 Å². The predicted molar refractivity (Wildman–Crippen MR) is 77.5 cm³/mol. The zero-order valence-corrected chi connectivity index (χ0v) is 11.5. The van der Waals surface area contributed by atoms with Gasteiger partial charge in [-0.1, -0.05) is 11.6 Å². The Bertz CT molecular complexity index is 635. The molecule has 0 fully saturated rings. The zero-order chi connectivity index (χ0) is 13.8. The van der Waals surface area contributed by atoms with Crippen LogP contribution in [0.5, 0.6) is 0 Å². The van der Waals surface area contributed by atoms with Crippen LogP contribution in [0.3, 0.4) is 0 Å². The molecular weight excluding hydrogens is 305 g/mol. The van der Waals surface area contributed by atoms with Crippen LogP contribution in [-0.2, 0) is 0 Å². The van der Waals surface area contributed by atoms with Crippen molar-refractivity contribution in [2.45, 2.75) is 0 Å². The van der Waals surface area contributed by atoms with Crippen LogP contribution in [0.25, 0.3) is 0 Å². The summed E-state index contributed by atoms with van der Waals surface area (Å²) in [6.07, 6.45) is 3.04. The van der Waals surface area contributed by atoms with E-state index in [2.05, 4.69) is 10.3 Å². The van der Waals surface area contributed by atoms with Crippen molar-refractivity contribution in [3.05, 3.63) is 63.4 Å². The van der Waals surface area contributed by atoms with E-state index in [0.29, 0.717) is 5.69 Å². The number of nitro groups is 1. The van der Waals surface area contributed by atoms with Gasteiger partial charge >= 0.3 is 0 Å². The number of carbonyl (C=O) groups excluding carboxylic acids is 1. The summed E-state index contributed by atoms with van der Waals surface area (Å²) in [6.45, 7) is 0. The smallest absolute Gasteiger partial charge is 0.270 e. The van der Waals surface area contributed by atoms with E-state index >= 15 is 0 Å². The summed E-state index contributed by atoms with van der Waals surface area (Å²) in [7, 11) is 0. The Hall–Kier alpha value is -2.18. The Labute approximate surface area is 125 Å². The zero-order valence-electron chi connectivity index (χ0n) is 9.95. The molecule has 0 bridgehead atoms. The summed E-state index contributed by atoms with van der Waals surface area (Å²) < 4.78 is 0. The van der Waals surface area contributed by atoms with Crippen LogP contribution in [0.15, 0.2) is 42.7 Å². The summed E-state index contributed by atoms with van der Waals surface area (Å²) in [5, 5.41) is 13.4. The number of benzene rings is 1. The van der Waals surface area contributed by atoms with Crippen LogP contribution in [0.4, 0.5) is 11.4 Å². The molecule has 6 nitrogen and oxygen atoms in total. The van der Waals surface area contributed by atoms with E-state index in [-0.39, 0.29) is 28.7 Å². The van der Waals surface area contributed by atoms with Gasteiger partial charge in [0.05, 0.1) is 15.5 Å². The average Bonchev–Trinajstić information content (AvgIpc) is 2.40. The van der Waals surface area contributed by atoms with Crippen LogP contribution < -0.4 is 5.32 Å². The van der Waals surface area contributed by atoms with Gasteiger partial charge in [0.25, 0.3) is 11.6 Å². The third-order valence-corrected chi connectivity index (χ3v) is 2.67. The predicted octanol–water partition coefficient (Wildman–Crippen LogP) is 3.32. The average molecular weight is 314 g/mol. The van der Waals surface area contributed by atoms with Gasteiger partial charge in [0.2, 0.25) is 0 Å². The number of amides is 1. The molecule has 1 N–H and O–H groups in total. The first kappa shape index (κ1) is 15.9. The molecule has 1 heterocycles. The fraction of sp³-hybridized carbons (Fsp3) is 0. The fourth-order valence-corrected chi connectivity index (χ4v) is 1.64. The molecule has 0 unspecified atom stereocenters. The first-order valence-corrected chi connectivity index (χ1v) is 5.61. The van der Waals surface area contributed by atoms with E-state index in [4.69, 9.17) is 11.6 Å². The summed E-state index contributed by atoms with van der Waals surface area (Å²) >= 11 is 5.87. The molecule has 2 aromatic rings. The summed E-state index contributed by atoms with van der Waals surface area (Å²) in [4.78, 5) is 25.9. The van der Waals surface area contributed by atoms with Gasteiger partial charge in [-0.05, 0) is 18.2 Å². The number of nitrogens with one attached hydrogen (secondary N) is 1. The van der Waals surface area contributed by atoms with Crippen molar-refractivity contribution in [2.24, 2.45) is 0 Å². The molecule has 0 aliphatic rings. The van der Waals surface area contributed by atoms with Gasteiger partial charge in [-0.2, -0.15) is 0 Å². The highest BCUT2D eigenvalue weighted by Crippen LogP contribution is 2.23. The van der Waals surface area contributed by atoms with Gasteiger partial charge in [-0.25, -0.2) is 0 Å². The lowest BCUT2D eigenvalue weighted by atomic mass is 10.2. The van der Waals surface area contributed by atoms with Gasteiger partial charge in [-0.15, -0.1) is 12.4 Å². The molecule has 0 spiro atoms. The molecule has 1 amide bonds. The van der Waals surface area contributed by atoms with Gasteiger partial charge in [0, 0.05) is 30.2 Å². The maximum Gasteiger partial charge on any atom is 0.270 e. The highest BCUT2D eigenvalue weighted by atomic mass is 35.5. The van der Waals surface area contributed by atoms with Crippen molar-refractivity contribution in [2.75, 3.05) is 5.32 Å². The topological polar surface area (TPSA) is 85.1 Å². The van der Waals surface area contributed by atoms with Crippen LogP contribution >= 0.6 is 24.0 Å². The number of rotatable bonds is 3. The molecule has 0 radical (unpaired) electrons. The summed E-state index contributed by atoms with van der Waals surface area (Å²) in [6, 6.07) is 6.90. The number of halogens is 2. The number of pyridine rings is 1. The first-order valence-electron chi connectivity index (χ1n) is 5.23. The van der Waals surface area contributed by atoms with Crippen LogP contribution in [0.1, 0.15) is 10.4 Å². The van der Waals surface area contributed by atoms with Gasteiger partial charge in [0.15, 0.2) is 0 Å². The number of nitrogens with zero attached hydrogens (tertiary/aromatic N) is 2. The van der Waals surface area contributed by atoms with Crippen molar-refractivity contribution in [3.8, 4) is 0 Å². The van der Waals surface area contributed by atoms with E-state index in [1.165, 1.54) is 24.5 Å². The van der Waals surface area contributed by atoms with Crippen LogP contribution in [0.2, 0.25) is 5.02 Å². The van der Waals surface area contributed by atoms with Gasteiger partial charge in [-0.3, -0.25) is 19.9 Å².